The number of hydrogen-bond donors (Lipinski definition) is 0. The molecule has 0 bridgehead atoms. The number of nitro benzene ring substituents is 1. The molecule has 1 aliphatic heterocycles. The Morgan fingerprint density at radius 1 is 1.08 bits per heavy atom. The summed E-state index contributed by atoms with van der Waals surface area (Å²) in [5, 5.41) is 13.9. The number of allylic oxidation sites excluding steroid dienone is 1. The number of rotatable bonds is 4. The SMILES string of the molecule is O=c1/c(=C/c2ccc(-c3ccc(Cl)cc3[N+](=O)[O-])o2)sc2n1[C@@H](c1cccs1)C1=C(N=2)c2ccccc2CC1. The fourth-order valence-corrected chi connectivity index (χ4v) is 7.28. The van der Waals surface area contributed by atoms with Gasteiger partial charge >= 0.3 is 0 Å². The molecule has 0 unspecified atom stereocenters. The molecule has 7 nitrogen and oxygen atoms in total. The molecule has 2 aromatic carbocycles. The van der Waals surface area contributed by atoms with E-state index in [1.165, 1.54) is 23.0 Å². The van der Waals surface area contributed by atoms with Crippen molar-refractivity contribution in [3.63, 3.8) is 0 Å². The van der Waals surface area contributed by atoms with Crippen molar-refractivity contribution in [3.05, 3.63) is 134 Å². The molecule has 0 N–H and O–H groups in total. The highest BCUT2D eigenvalue weighted by atomic mass is 35.5. The number of furan rings is 1. The van der Waals surface area contributed by atoms with Crippen LogP contribution >= 0.6 is 34.3 Å². The summed E-state index contributed by atoms with van der Waals surface area (Å²) in [5.74, 6) is 0.738. The Morgan fingerprint density at radius 2 is 1.95 bits per heavy atom. The minimum Gasteiger partial charge on any atom is -0.456 e. The van der Waals surface area contributed by atoms with Crippen LogP contribution in [0, 0.1) is 10.1 Å². The molecule has 0 radical (unpaired) electrons. The van der Waals surface area contributed by atoms with Gasteiger partial charge in [-0.25, -0.2) is 4.99 Å². The molecule has 39 heavy (non-hydrogen) atoms. The first kappa shape index (κ1) is 24.0. The maximum Gasteiger partial charge on any atom is 0.281 e. The average molecular weight is 572 g/mol. The van der Waals surface area contributed by atoms with Crippen LogP contribution in [-0.2, 0) is 6.42 Å². The van der Waals surface area contributed by atoms with Crippen molar-refractivity contribution in [1.82, 2.24) is 4.57 Å². The minimum atomic E-state index is -0.494. The van der Waals surface area contributed by atoms with E-state index in [0.29, 0.717) is 26.4 Å². The standard InChI is InChI=1S/C29H18ClN3O4S2/c30-17-8-11-20(22(14-17)33(35)36)23-12-9-18(37-23)15-25-28(34)32-27(24-6-3-13-38-24)21-10-7-16-4-1-2-5-19(16)26(21)31-29(32)39-25/h1-6,8-9,11-15,27H,7,10H2/b25-15-/t27-/m1/s1. The molecule has 10 heteroatoms. The lowest BCUT2D eigenvalue weighted by Gasteiger charge is -2.30. The quantitative estimate of drug-likeness (QED) is 0.190. The number of benzene rings is 2. The van der Waals surface area contributed by atoms with Crippen molar-refractivity contribution in [2.75, 3.05) is 0 Å². The number of hydrogen-bond acceptors (Lipinski definition) is 7. The number of thiazole rings is 1. The first-order valence-corrected chi connectivity index (χ1v) is 14.3. The molecular weight excluding hydrogens is 554 g/mol. The van der Waals surface area contributed by atoms with Gasteiger partial charge in [0, 0.05) is 27.6 Å². The second kappa shape index (κ2) is 9.30. The fraction of sp³-hybridized carbons (Fsp3) is 0.103. The van der Waals surface area contributed by atoms with E-state index in [2.05, 4.69) is 18.2 Å². The molecule has 0 saturated carbocycles. The predicted octanol–water partition coefficient (Wildman–Crippen LogP) is 6.20. The van der Waals surface area contributed by atoms with E-state index in [1.54, 1.807) is 46.2 Å². The monoisotopic (exact) mass is 571 g/mol. The van der Waals surface area contributed by atoms with Gasteiger partial charge in [-0.1, -0.05) is 53.3 Å². The van der Waals surface area contributed by atoms with Gasteiger partial charge in [-0.3, -0.25) is 19.5 Å². The minimum absolute atomic E-state index is 0.141. The Labute approximate surface area is 234 Å². The Bertz CT molecular complexity index is 2000. The Hall–Kier alpha value is -4.05. The predicted molar refractivity (Wildman–Crippen MR) is 153 cm³/mol. The van der Waals surface area contributed by atoms with Gasteiger partial charge in [-0.15, -0.1) is 11.3 Å². The van der Waals surface area contributed by atoms with Crippen molar-refractivity contribution in [2.24, 2.45) is 4.99 Å². The van der Waals surface area contributed by atoms with E-state index in [4.69, 9.17) is 21.0 Å². The van der Waals surface area contributed by atoms with Gasteiger partial charge < -0.3 is 4.42 Å². The second-order valence-electron chi connectivity index (χ2n) is 9.25. The summed E-state index contributed by atoms with van der Waals surface area (Å²) < 4.78 is 8.22. The highest BCUT2D eigenvalue weighted by molar-refractivity contribution is 7.10. The molecule has 2 aliphatic rings. The summed E-state index contributed by atoms with van der Waals surface area (Å²) in [6, 6.07) is 20.0. The molecular formula is C29H18ClN3O4S2. The molecule has 4 heterocycles. The summed E-state index contributed by atoms with van der Waals surface area (Å²) in [6.45, 7) is 0. The molecule has 5 aromatic rings. The summed E-state index contributed by atoms with van der Waals surface area (Å²) >= 11 is 8.91. The van der Waals surface area contributed by atoms with Crippen molar-refractivity contribution >= 4 is 51.7 Å². The summed E-state index contributed by atoms with van der Waals surface area (Å²) in [5.41, 5.74) is 4.53. The van der Waals surface area contributed by atoms with Crippen LogP contribution in [0.5, 0.6) is 0 Å². The number of thiophene rings is 1. The van der Waals surface area contributed by atoms with Crippen LogP contribution in [0.1, 0.15) is 34.2 Å². The maximum absolute atomic E-state index is 13.8. The van der Waals surface area contributed by atoms with Crippen LogP contribution in [0.25, 0.3) is 23.1 Å². The fourth-order valence-electron chi connectivity index (χ4n) is 5.29. The summed E-state index contributed by atoms with van der Waals surface area (Å²) in [4.78, 5) is 31.6. The Kier molecular flexibility index (Phi) is 5.73. The largest absolute Gasteiger partial charge is 0.456 e. The Balaban J connectivity index is 1.37. The van der Waals surface area contributed by atoms with Gasteiger partial charge in [-0.2, -0.15) is 0 Å². The van der Waals surface area contributed by atoms with E-state index in [-0.39, 0.29) is 22.3 Å². The van der Waals surface area contributed by atoms with Crippen LogP contribution in [0.15, 0.2) is 91.9 Å². The molecule has 192 valence electrons. The molecule has 3 aromatic heterocycles. The van der Waals surface area contributed by atoms with Crippen molar-refractivity contribution in [1.29, 1.82) is 0 Å². The zero-order valence-electron chi connectivity index (χ0n) is 20.2. The van der Waals surface area contributed by atoms with Gasteiger partial charge in [0.25, 0.3) is 11.2 Å². The van der Waals surface area contributed by atoms with Crippen molar-refractivity contribution in [2.45, 2.75) is 18.9 Å². The third kappa shape index (κ3) is 4.01. The smallest absolute Gasteiger partial charge is 0.281 e. The molecule has 1 atom stereocenters. The number of nitro groups is 1. The molecule has 0 amide bonds. The van der Waals surface area contributed by atoms with Gasteiger partial charge in [-0.05, 0) is 59.7 Å². The lowest BCUT2D eigenvalue weighted by Crippen LogP contribution is -2.38. The normalized spacial score (nSPS) is 16.4. The van der Waals surface area contributed by atoms with Crippen molar-refractivity contribution < 1.29 is 9.34 Å². The molecule has 0 saturated heterocycles. The van der Waals surface area contributed by atoms with Gasteiger partial charge in [0.15, 0.2) is 4.80 Å². The Morgan fingerprint density at radius 3 is 2.77 bits per heavy atom. The average Bonchev–Trinajstić information content (AvgIpc) is 3.69. The first-order valence-electron chi connectivity index (χ1n) is 12.2. The van der Waals surface area contributed by atoms with Crippen LogP contribution in [-0.4, -0.2) is 9.49 Å². The van der Waals surface area contributed by atoms with Gasteiger partial charge in [0.2, 0.25) is 0 Å². The molecule has 1 aliphatic carbocycles. The summed E-state index contributed by atoms with van der Waals surface area (Å²) in [7, 11) is 0. The van der Waals surface area contributed by atoms with E-state index >= 15 is 0 Å². The van der Waals surface area contributed by atoms with Crippen LogP contribution in [0.3, 0.4) is 0 Å². The van der Waals surface area contributed by atoms with E-state index < -0.39 is 4.92 Å². The number of aromatic nitrogens is 1. The molecule has 7 rings (SSSR count). The highest BCUT2D eigenvalue weighted by Gasteiger charge is 2.33. The number of fused-ring (bicyclic) bond motifs is 3. The highest BCUT2D eigenvalue weighted by Crippen LogP contribution is 2.42. The first-order chi connectivity index (χ1) is 19.0. The third-order valence-corrected chi connectivity index (χ3v) is 9.15. The van der Waals surface area contributed by atoms with Gasteiger partial charge in [0.05, 0.1) is 26.8 Å². The van der Waals surface area contributed by atoms with E-state index in [1.807, 2.05) is 23.6 Å². The molecule has 0 spiro atoms. The lowest BCUT2D eigenvalue weighted by atomic mass is 9.85. The van der Waals surface area contributed by atoms with Gasteiger partial charge in [0.1, 0.15) is 11.5 Å². The van der Waals surface area contributed by atoms with Crippen molar-refractivity contribution in [3.8, 4) is 11.3 Å². The number of aryl methyl sites for hydroxylation is 1. The lowest BCUT2D eigenvalue weighted by molar-refractivity contribution is -0.384. The zero-order valence-corrected chi connectivity index (χ0v) is 22.6. The maximum atomic E-state index is 13.8. The zero-order chi connectivity index (χ0) is 26.7. The second-order valence-corrected chi connectivity index (χ2v) is 11.7. The third-order valence-electron chi connectivity index (χ3n) is 7.01. The van der Waals surface area contributed by atoms with Crippen LogP contribution in [0.2, 0.25) is 5.02 Å². The van der Waals surface area contributed by atoms with E-state index in [0.717, 1.165) is 34.6 Å². The van der Waals surface area contributed by atoms with E-state index in [9.17, 15) is 14.9 Å². The molecule has 0 fully saturated rings. The summed E-state index contributed by atoms with van der Waals surface area (Å²) in [6.07, 6.45) is 3.42. The van der Waals surface area contributed by atoms with Crippen LogP contribution < -0.4 is 14.9 Å². The van der Waals surface area contributed by atoms with Crippen LogP contribution in [0.4, 0.5) is 5.69 Å². The number of nitrogens with zero attached hydrogens (tertiary/aromatic N) is 3. The number of halogens is 1. The topological polar surface area (TPSA) is 90.6 Å².